The molecule has 0 unspecified atom stereocenters. The summed E-state index contributed by atoms with van der Waals surface area (Å²) in [5.74, 6) is 0.718. The predicted molar refractivity (Wildman–Crippen MR) is 68.1 cm³/mol. The van der Waals surface area contributed by atoms with Crippen LogP contribution in [0.15, 0.2) is 0 Å². The van der Waals surface area contributed by atoms with Gasteiger partial charge in [-0.15, -0.1) is 11.6 Å². The minimum absolute atomic E-state index is 0.529. The molecule has 0 aliphatic carbocycles. The van der Waals surface area contributed by atoms with Crippen LogP contribution in [-0.4, -0.2) is 61.1 Å². The van der Waals surface area contributed by atoms with Gasteiger partial charge in [0.1, 0.15) is 0 Å². The van der Waals surface area contributed by atoms with Crippen LogP contribution in [0.5, 0.6) is 0 Å². The molecule has 0 amide bonds. The second kappa shape index (κ2) is 8.23. The summed E-state index contributed by atoms with van der Waals surface area (Å²) >= 11 is 5.59. The molecule has 0 atom stereocenters. The monoisotopic (exact) mass is 286 g/mol. The van der Waals surface area contributed by atoms with Crippen LogP contribution < -0.4 is 0 Å². The molecule has 0 radical (unpaired) electrons. The Morgan fingerprint density at radius 1 is 0.833 bits per heavy atom. The van der Waals surface area contributed by atoms with Crippen molar-refractivity contribution in [3.63, 3.8) is 0 Å². The van der Waals surface area contributed by atoms with Gasteiger partial charge in [-0.05, 0) is 19.4 Å². The second-order valence-electron chi connectivity index (χ2n) is 4.84. The van der Waals surface area contributed by atoms with Gasteiger partial charge in [0, 0.05) is 32.1 Å². The standard InChI is InChI=1S/C12H22ClF3N2/c13-5-3-1-2-4-6-17-7-9-18(10-8-17)11-12(14,15)16/h1-11H2. The van der Waals surface area contributed by atoms with Gasteiger partial charge in [-0.1, -0.05) is 12.8 Å². The molecule has 0 aromatic carbocycles. The van der Waals surface area contributed by atoms with Gasteiger partial charge in [0.2, 0.25) is 0 Å². The summed E-state index contributed by atoms with van der Waals surface area (Å²) in [6, 6.07) is 0. The van der Waals surface area contributed by atoms with Crippen LogP contribution in [0.2, 0.25) is 0 Å². The molecule has 0 spiro atoms. The SMILES string of the molecule is FC(F)(F)CN1CCN(CCCCCCCl)CC1. The molecule has 1 aliphatic rings. The predicted octanol–water partition coefficient (Wildman–Crippen LogP) is 2.97. The molecule has 108 valence electrons. The minimum atomic E-state index is -4.07. The summed E-state index contributed by atoms with van der Waals surface area (Å²) in [4.78, 5) is 3.75. The molecule has 0 aromatic heterocycles. The van der Waals surface area contributed by atoms with E-state index in [0.717, 1.165) is 51.2 Å². The zero-order valence-electron chi connectivity index (χ0n) is 10.7. The van der Waals surface area contributed by atoms with Crippen molar-refractivity contribution in [2.24, 2.45) is 0 Å². The lowest BCUT2D eigenvalue weighted by molar-refractivity contribution is -0.149. The average molecular weight is 287 g/mol. The average Bonchev–Trinajstić information content (AvgIpc) is 2.29. The van der Waals surface area contributed by atoms with Gasteiger partial charge in [-0.3, -0.25) is 4.90 Å². The highest BCUT2D eigenvalue weighted by Crippen LogP contribution is 2.17. The third kappa shape index (κ3) is 7.44. The largest absolute Gasteiger partial charge is 0.401 e. The number of nitrogens with zero attached hydrogens (tertiary/aromatic N) is 2. The zero-order valence-corrected chi connectivity index (χ0v) is 11.4. The summed E-state index contributed by atoms with van der Waals surface area (Å²) in [5.41, 5.74) is 0. The summed E-state index contributed by atoms with van der Waals surface area (Å²) < 4.78 is 36.6. The topological polar surface area (TPSA) is 6.48 Å². The highest BCUT2D eigenvalue weighted by Gasteiger charge is 2.31. The Kier molecular flexibility index (Phi) is 7.34. The molecule has 18 heavy (non-hydrogen) atoms. The number of rotatable bonds is 7. The highest BCUT2D eigenvalue weighted by atomic mass is 35.5. The molecular formula is C12H22ClF3N2. The molecular weight excluding hydrogens is 265 g/mol. The Bertz CT molecular complexity index is 216. The number of piperazine rings is 1. The molecule has 0 bridgehead atoms. The molecule has 0 N–H and O–H groups in total. The Balaban J connectivity index is 2.05. The Morgan fingerprint density at radius 2 is 1.39 bits per heavy atom. The van der Waals surface area contributed by atoms with Crippen molar-refractivity contribution < 1.29 is 13.2 Å². The first-order chi connectivity index (χ1) is 8.51. The number of hydrogen-bond acceptors (Lipinski definition) is 2. The third-order valence-corrected chi connectivity index (χ3v) is 3.49. The fraction of sp³-hybridized carbons (Fsp3) is 1.00. The van der Waals surface area contributed by atoms with Crippen LogP contribution in [0.4, 0.5) is 13.2 Å². The van der Waals surface area contributed by atoms with Crippen LogP contribution >= 0.6 is 11.6 Å². The van der Waals surface area contributed by atoms with Crippen LogP contribution in [0, 0.1) is 0 Å². The van der Waals surface area contributed by atoms with E-state index < -0.39 is 12.7 Å². The van der Waals surface area contributed by atoms with Crippen LogP contribution in [0.25, 0.3) is 0 Å². The fourth-order valence-corrected chi connectivity index (χ4v) is 2.40. The summed E-state index contributed by atoms with van der Waals surface area (Å²) in [5, 5.41) is 0. The van der Waals surface area contributed by atoms with Crippen molar-refractivity contribution in [3.8, 4) is 0 Å². The first-order valence-electron chi connectivity index (χ1n) is 6.59. The minimum Gasteiger partial charge on any atom is -0.301 e. The van der Waals surface area contributed by atoms with E-state index >= 15 is 0 Å². The molecule has 1 fully saturated rings. The van der Waals surface area contributed by atoms with Crippen molar-refractivity contribution in [1.82, 2.24) is 9.80 Å². The lowest BCUT2D eigenvalue weighted by Crippen LogP contribution is -2.49. The van der Waals surface area contributed by atoms with E-state index in [2.05, 4.69) is 4.90 Å². The molecule has 1 rings (SSSR count). The van der Waals surface area contributed by atoms with Gasteiger partial charge in [-0.2, -0.15) is 13.2 Å². The van der Waals surface area contributed by atoms with Crippen molar-refractivity contribution in [2.75, 3.05) is 45.1 Å². The first-order valence-corrected chi connectivity index (χ1v) is 7.12. The van der Waals surface area contributed by atoms with E-state index in [1.54, 1.807) is 0 Å². The van der Waals surface area contributed by atoms with E-state index in [4.69, 9.17) is 11.6 Å². The molecule has 6 heteroatoms. The molecule has 2 nitrogen and oxygen atoms in total. The summed E-state index contributed by atoms with van der Waals surface area (Å²) in [6.07, 6.45) is 0.424. The Hall–Kier alpha value is 0. The van der Waals surface area contributed by atoms with Gasteiger partial charge in [0.15, 0.2) is 0 Å². The van der Waals surface area contributed by atoms with Gasteiger partial charge < -0.3 is 4.90 Å². The molecule has 0 aromatic rings. The molecule has 1 saturated heterocycles. The van der Waals surface area contributed by atoms with Crippen LogP contribution in [-0.2, 0) is 0 Å². The van der Waals surface area contributed by atoms with Crippen LogP contribution in [0.3, 0.4) is 0 Å². The summed E-state index contributed by atoms with van der Waals surface area (Å²) in [7, 11) is 0. The highest BCUT2D eigenvalue weighted by molar-refractivity contribution is 6.17. The van der Waals surface area contributed by atoms with E-state index in [-0.39, 0.29) is 0 Å². The maximum absolute atomic E-state index is 12.2. The third-order valence-electron chi connectivity index (χ3n) is 3.23. The molecule has 1 heterocycles. The Labute approximate surface area is 112 Å². The lowest BCUT2D eigenvalue weighted by atomic mass is 10.2. The van der Waals surface area contributed by atoms with E-state index in [1.165, 1.54) is 4.90 Å². The van der Waals surface area contributed by atoms with Crippen molar-refractivity contribution >= 4 is 11.6 Å². The number of hydrogen-bond donors (Lipinski definition) is 0. The zero-order chi connectivity index (χ0) is 13.4. The molecule has 1 aliphatic heterocycles. The second-order valence-corrected chi connectivity index (χ2v) is 5.21. The van der Waals surface area contributed by atoms with Crippen molar-refractivity contribution in [3.05, 3.63) is 0 Å². The number of unbranched alkanes of at least 4 members (excludes halogenated alkanes) is 3. The van der Waals surface area contributed by atoms with E-state index in [0.29, 0.717) is 13.1 Å². The maximum Gasteiger partial charge on any atom is 0.401 e. The quantitative estimate of drug-likeness (QED) is 0.524. The van der Waals surface area contributed by atoms with Gasteiger partial charge >= 0.3 is 6.18 Å². The van der Waals surface area contributed by atoms with E-state index in [1.807, 2.05) is 0 Å². The fourth-order valence-electron chi connectivity index (χ4n) is 2.21. The number of alkyl halides is 4. The van der Waals surface area contributed by atoms with Gasteiger partial charge in [-0.25, -0.2) is 0 Å². The lowest BCUT2D eigenvalue weighted by Gasteiger charge is -2.34. The van der Waals surface area contributed by atoms with Gasteiger partial charge in [0.05, 0.1) is 6.54 Å². The smallest absolute Gasteiger partial charge is 0.301 e. The first kappa shape index (κ1) is 16.1. The molecule has 0 saturated carbocycles. The normalized spacial score (nSPS) is 19.3. The van der Waals surface area contributed by atoms with Gasteiger partial charge in [0.25, 0.3) is 0 Å². The van der Waals surface area contributed by atoms with Crippen molar-refractivity contribution in [2.45, 2.75) is 31.9 Å². The van der Waals surface area contributed by atoms with Crippen molar-refractivity contribution in [1.29, 1.82) is 0 Å². The number of halogens is 4. The summed E-state index contributed by atoms with van der Waals surface area (Å²) in [6.45, 7) is 2.80. The van der Waals surface area contributed by atoms with Crippen LogP contribution in [0.1, 0.15) is 25.7 Å². The van der Waals surface area contributed by atoms with E-state index in [9.17, 15) is 13.2 Å². The maximum atomic E-state index is 12.2. The Morgan fingerprint density at radius 3 is 1.94 bits per heavy atom.